The standard InChI is InChI=1S/C14H14F3N3O/c1-2-3-12-19-11(18)8-13(20-12)21-10-6-4-9(5-7-10)14(15,16)17/h4-8H,2-3H2,1H3,(H2,18,19,20). The number of nitrogen functional groups attached to an aromatic ring is 1. The van der Waals surface area contributed by atoms with Crippen molar-refractivity contribution in [1.82, 2.24) is 9.97 Å². The molecule has 1 aromatic carbocycles. The minimum atomic E-state index is -4.37. The Morgan fingerprint density at radius 1 is 1.14 bits per heavy atom. The molecular weight excluding hydrogens is 283 g/mol. The first-order chi connectivity index (χ1) is 9.88. The number of anilines is 1. The Balaban J connectivity index is 2.18. The highest BCUT2D eigenvalue weighted by Gasteiger charge is 2.30. The summed E-state index contributed by atoms with van der Waals surface area (Å²) in [5.74, 6) is 1.27. The maximum absolute atomic E-state index is 12.5. The second kappa shape index (κ2) is 5.99. The van der Waals surface area contributed by atoms with E-state index in [1.54, 1.807) is 0 Å². The summed E-state index contributed by atoms with van der Waals surface area (Å²) in [4.78, 5) is 8.20. The Bertz CT molecular complexity index is 612. The summed E-state index contributed by atoms with van der Waals surface area (Å²) in [7, 11) is 0. The number of rotatable bonds is 4. The van der Waals surface area contributed by atoms with Crippen LogP contribution in [0.3, 0.4) is 0 Å². The lowest BCUT2D eigenvalue weighted by molar-refractivity contribution is -0.137. The molecule has 2 rings (SSSR count). The maximum atomic E-state index is 12.5. The van der Waals surface area contributed by atoms with E-state index in [0.717, 1.165) is 18.6 Å². The summed E-state index contributed by atoms with van der Waals surface area (Å²) in [6, 6.07) is 5.80. The second-order valence-electron chi connectivity index (χ2n) is 4.42. The van der Waals surface area contributed by atoms with Crippen molar-refractivity contribution in [2.75, 3.05) is 5.73 Å². The number of nitrogens with two attached hydrogens (primary N) is 1. The Kier molecular flexibility index (Phi) is 4.30. The molecule has 0 spiro atoms. The lowest BCUT2D eigenvalue weighted by Gasteiger charge is -2.09. The van der Waals surface area contributed by atoms with Crippen LogP contribution in [0.2, 0.25) is 0 Å². The number of aryl methyl sites for hydroxylation is 1. The number of alkyl halides is 3. The molecule has 1 heterocycles. The fourth-order valence-electron chi connectivity index (χ4n) is 1.71. The summed E-state index contributed by atoms with van der Waals surface area (Å²) in [6.45, 7) is 1.98. The van der Waals surface area contributed by atoms with E-state index >= 15 is 0 Å². The van der Waals surface area contributed by atoms with E-state index in [0.29, 0.717) is 12.2 Å². The van der Waals surface area contributed by atoms with Gasteiger partial charge >= 0.3 is 6.18 Å². The summed E-state index contributed by atoms with van der Waals surface area (Å²) in [5.41, 5.74) is 4.91. The Morgan fingerprint density at radius 3 is 2.38 bits per heavy atom. The molecule has 7 heteroatoms. The van der Waals surface area contributed by atoms with Gasteiger partial charge in [0.25, 0.3) is 0 Å². The number of hydrogen-bond donors (Lipinski definition) is 1. The zero-order valence-electron chi connectivity index (χ0n) is 11.3. The molecule has 0 aliphatic heterocycles. The van der Waals surface area contributed by atoms with Crippen molar-refractivity contribution in [3.63, 3.8) is 0 Å². The highest BCUT2D eigenvalue weighted by molar-refractivity contribution is 5.37. The fraction of sp³-hybridized carbons (Fsp3) is 0.286. The summed E-state index contributed by atoms with van der Waals surface area (Å²) < 4.78 is 42.8. The summed E-state index contributed by atoms with van der Waals surface area (Å²) >= 11 is 0. The molecule has 0 saturated heterocycles. The molecule has 0 aliphatic carbocycles. The minimum Gasteiger partial charge on any atom is -0.439 e. The van der Waals surface area contributed by atoms with Gasteiger partial charge in [0.05, 0.1) is 5.56 Å². The van der Waals surface area contributed by atoms with E-state index in [1.807, 2.05) is 6.92 Å². The molecule has 0 aliphatic rings. The molecule has 2 aromatic rings. The van der Waals surface area contributed by atoms with Gasteiger partial charge in [-0.25, -0.2) is 4.98 Å². The van der Waals surface area contributed by atoms with Crippen LogP contribution in [0.1, 0.15) is 24.7 Å². The van der Waals surface area contributed by atoms with E-state index in [2.05, 4.69) is 9.97 Å². The van der Waals surface area contributed by atoms with Crippen LogP contribution in [0.25, 0.3) is 0 Å². The third-order valence-electron chi connectivity index (χ3n) is 2.65. The monoisotopic (exact) mass is 297 g/mol. The van der Waals surface area contributed by atoms with Crippen molar-refractivity contribution in [3.05, 3.63) is 41.7 Å². The summed E-state index contributed by atoms with van der Waals surface area (Å²) in [5, 5.41) is 0. The molecule has 21 heavy (non-hydrogen) atoms. The van der Waals surface area contributed by atoms with Crippen LogP contribution < -0.4 is 10.5 Å². The molecule has 0 unspecified atom stereocenters. The van der Waals surface area contributed by atoms with Gasteiger partial charge in [-0.05, 0) is 30.7 Å². The topological polar surface area (TPSA) is 61.0 Å². The van der Waals surface area contributed by atoms with Crippen molar-refractivity contribution in [2.45, 2.75) is 25.9 Å². The predicted molar refractivity (Wildman–Crippen MR) is 72.0 cm³/mol. The molecule has 0 radical (unpaired) electrons. The van der Waals surface area contributed by atoms with E-state index < -0.39 is 11.7 Å². The third-order valence-corrected chi connectivity index (χ3v) is 2.65. The number of hydrogen-bond acceptors (Lipinski definition) is 4. The van der Waals surface area contributed by atoms with Gasteiger partial charge in [-0.1, -0.05) is 6.92 Å². The molecule has 0 bridgehead atoms. The van der Waals surface area contributed by atoms with E-state index in [9.17, 15) is 13.2 Å². The normalized spacial score (nSPS) is 11.4. The van der Waals surface area contributed by atoms with Crippen LogP contribution in [0.5, 0.6) is 11.6 Å². The first-order valence-corrected chi connectivity index (χ1v) is 6.37. The van der Waals surface area contributed by atoms with Crippen molar-refractivity contribution in [1.29, 1.82) is 0 Å². The number of nitrogens with zero attached hydrogens (tertiary/aromatic N) is 2. The quantitative estimate of drug-likeness (QED) is 0.931. The predicted octanol–water partition coefficient (Wildman–Crippen LogP) is 3.82. The van der Waals surface area contributed by atoms with Crippen LogP contribution >= 0.6 is 0 Å². The van der Waals surface area contributed by atoms with Crippen molar-refractivity contribution < 1.29 is 17.9 Å². The third kappa shape index (κ3) is 4.08. The average molecular weight is 297 g/mol. The Hall–Kier alpha value is -2.31. The second-order valence-corrected chi connectivity index (χ2v) is 4.42. The lowest BCUT2D eigenvalue weighted by atomic mass is 10.2. The van der Waals surface area contributed by atoms with E-state index in [-0.39, 0.29) is 17.4 Å². The van der Waals surface area contributed by atoms with Gasteiger partial charge in [0.15, 0.2) is 0 Å². The smallest absolute Gasteiger partial charge is 0.416 e. The van der Waals surface area contributed by atoms with Crippen LogP contribution in [0, 0.1) is 0 Å². The average Bonchev–Trinajstić information content (AvgIpc) is 2.38. The zero-order valence-corrected chi connectivity index (χ0v) is 11.3. The van der Waals surface area contributed by atoms with Gasteiger partial charge < -0.3 is 10.5 Å². The number of aromatic nitrogens is 2. The van der Waals surface area contributed by atoms with Crippen LogP contribution in [0.15, 0.2) is 30.3 Å². The molecule has 4 nitrogen and oxygen atoms in total. The molecule has 1 aromatic heterocycles. The zero-order chi connectivity index (χ0) is 15.5. The molecule has 2 N–H and O–H groups in total. The summed E-state index contributed by atoms with van der Waals surface area (Å²) in [6.07, 6.45) is -2.87. The fourth-order valence-corrected chi connectivity index (χ4v) is 1.71. The Labute approximate surface area is 119 Å². The molecule has 112 valence electrons. The highest BCUT2D eigenvalue weighted by Crippen LogP contribution is 2.31. The molecule has 0 amide bonds. The molecule has 0 atom stereocenters. The first-order valence-electron chi connectivity index (χ1n) is 6.37. The number of ether oxygens (including phenoxy) is 1. The molecular formula is C14H14F3N3O. The Morgan fingerprint density at radius 2 is 1.81 bits per heavy atom. The molecule has 0 saturated carbocycles. The van der Waals surface area contributed by atoms with E-state index in [1.165, 1.54) is 18.2 Å². The van der Waals surface area contributed by atoms with Gasteiger partial charge in [0.1, 0.15) is 17.4 Å². The largest absolute Gasteiger partial charge is 0.439 e. The first kappa shape index (κ1) is 15.1. The van der Waals surface area contributed by atoms with Gasteiger partial charge in [-0.3, -0.25) is 0 Å². The van der Waals surface area contributed by atoms with Crippen LogP contribution in [-0.4, -0.2) is 9.97 Å². The number of benzene rings is 1. The minimum absolute atomic E-state index is 0.214. The van der Waals surface area contributed by atoms with Crippen molar-refractivity contribution in [3.8, 4) is 11.6 Å². The molecule has 0 fully saturated rings. The van der Waals surface area contributed by atoms with Gasteiger partial charge in [0.2, 0.25) is 5.88 Å². The van der Waals surface area contributed by atoms with Crippen LogP contribution in [-0.2, 0) is 12.6 Å². The van der Waals surface area contributed by atoms with Crippen LogP contribution in [0.4, 0.5) is 19.0 Å². The maximum Gasteiger partial charge on any atom is 0.416 e. The highest BCUT2D eigenvalue weighted by atomic mass is 19.4. The SMILES string of the molecule is CCCc1nc(N)cc(Oc2ccc(C(F)(F)F)cc2)n1. The van der Waals surface area contributed by atoms with E-state index in [4.69, 9.17) is 10.5 Å². The van der Waals surface area contributed by atoms with Gasteiger partial charge in [-0.2, -0.15) is 18.2 Å². The van der Waals surface area contributed by atoms with Gasteiger partial charge in [0, 0.05) is 12.5 Å². The van der Waals surface area contributed by atoms with Gasteiger partial charge in [-0.15, -0.1) is 0 Å². The number of halogens is 3. The lowest BCUT2D eigenvalue weighted by Crippen LogP contribution is -2.04. The van der Waals surface area contributed by atoms with Crippen molar-refractivity contribution in [2.24, 2.45) is 0 Å². The van der Waals surface area contributed by atoms with Crippen molar-refractivity contribution >= 4 is 5.82 Å².